The molecule has 2 heterocycles. The molecule has 0 unspecified atom stereocenters. The van der Waals surface area contributed by atoms with E-state index < -0.39 is 11.9 Å². The molecule has 4 aromatic rings. The number of rotatable bonds is 8. The third kappa shape index (κ3) is 4.74. The van der Waals surface area contributed by atoms with Crippen molar-refractivity contribution in [3.05, 3.63) is 66.0 Å². The molecule has 0 N–H and O–H groups in total. The number of nitrogens with zero attached hydrogens (tertiary/aromatic N) is 5. The molecule has 2 aromatic heterocycles. The molecule has 0 saturated carbocycles. The van der Waals surface area contributed by atoms with Crippen molar-refractivity contribution >= 4 is 11.8 Å². The fourth-order valence-corrected chi connectivity index (χ4v) is 4.46. The molecule has 0 atom stereocenters. The van der Waals surface area contributed by atoms with Gasteiger partial charge in [-0.2, -0.15) is 18.3 Å². The van der Waals surface area contributed by atoms with E-state index in [0.29, 0.717) is 34.6 Å². The minimum Gasteiger partial charge on any atom is -0.497 e. The summed E-state index contributed by atoms with van der Waals surface area (Å²) in [4.78, 5) is 0. The van der Waals surface area contributed by atoms with Crippen molar-refractivity contribution in [2.45, 2.75) is 30.6 Å². The van der Waals surface area contributed by atoms with Gasteiger partial charge in [0.15, 0.2) is 16.7 Å². The molecular formula is C23H22F3N5O2S. The topological polar surface area (TPSA) is 67.0 Å². The van der Waals surface area contributed by atoms with E-state index in [-0.39, 0.29) is 11.4 Å². The number of methoxy groups -OCH3 is 2. The SMILES string of the molecule is CCn1c(SCc2cc(OC)cc(OC)c2)nnc1-c1cnn(-c2ccccc2)c1C(F)(F)F. The Labute approximate surface area is 198 Å². The average molecular weight is 490 g/mol. The van der Waals surface area contributed by atoms with E-state index in [2.05, 4.69) is 15.3 Å². The van der Waals surface area contributed by atoms with E-state index >= 15 is 0 Å². The maximum atomic E-state index is 14.1. The van der Waals surface area contributed by atoms with Gasteiger partial charge in [-0.25, -0.2) is 4.68 Å². The number of hydrogen-bond acceptors (Lipinski definition) is 6. The van der Waals surface area contributed by atoms with Crippen molar-refractivity contribution < 1.29 is 22.6 Å². The summed E-state index contributed by atoms with van der Waals surface area (Å²) < 4.78 is 55.5. The first-order chi connectivity index (χ1) is 16.4. The fourth-order valence-electron chi connectivity index (χ4n) is 3.53. The van der Waals surface area contributed by atoms with Crippen LogP contribution in [0, 0.1) is 0 Å². The zero-order valence-electron chi connectivity index (χ0n) is 18.7. The van der Waals surface area contributed by atoms with E-state index in [1.54, 1.807) is 55.2 Å². The number of para-hydroxylation sites is 1. The second-order valence-electron chi connectivity index (χ2n) is 7.21. The zero-order valence-corrected chi connectivity index (χ0v) is 19.5. The van der Waals surface area contributed by atoms with Gasteiger partial charge in [-0.1, -0.05) is 30.0 Å². The molecule has 4 rings (SSSR count). The van der Waals surface area contributed by atoms with Crippen molar-refractivity contribution in [1.82, 2.24) is 24.5 Å². The minimum atomic E-state index is -4.64. The molecule has 0 aliphatic rings. The predicted octanol–water partition coefficient (Wildman–Crippen LogP) is 5.48. The Morgan fingerprint density at radius 3 is 2.24 bits per heavy atom. The highest BCUT2D eigenvalue weighted by atomic mass is 32.2. The summed E-state index contributed by atoms with van der Waals surface area (Å²) in [6.07, 6.45) is -3.45. The third-order valence-electron chi connectivity index (χ3n) is 5.09. The summed E-state index contributed by atoms with van der Waals surface area (Å²) in [5.41, 5.74) is 0.210. The fraction of sp³-hybridized carbons (Fsp3) is 0.261. The second-order valence-corrected chi connectivity index (χ2v) is 8.15. The van der Waals surface area contributed by atoms with Crippen molar-refractivity contribution in [2.75, 3.05) is 14.2 Å². The Morgan fingerprint density at radius 2 is 1.65 bits per heavy atom. The molecule has 0 aliphatic heterocycles. The Hall–Kier alpha value is -3.47. The first kappa shape index (κ1) is 23.7. The number of halogens is 3. The number of alkyl halides is 3. The van der Waals surface area contributed by atoms with Crippen LogP contribution in [-0.4, -0.2) is 38.8 Å². The smallest absolute Gasteiger partial charge is 0.434 e. The largest absolute Gasteiger partial charge is 0.497 e. The van der Waals surface area contributed by atoms with Crippen LogP contribution in [0.4, 0.5) is 13.2 Å². The van der Waals surface area contributed by atoms with Crippen LogP contribution in [0.5, 0.6) is 11.5 Å². The van der Waals surface area contributed by atoms with Gasteiger partial charge < -0.3 is 14.0 Å². The maximum absolute atomic E-state index is 14.1. The van der Waals surface area contributed by atoms with E-state index in [4.69, 9.17) is 9.47 Å². The van der Waals surface area contributed by atoms with Gasteiger partial charge in [-0.05, 0) is 36.8 Å². The monoisotopic (exact) mass is 489 g/mol. The first-order valence-corrected chi connectivity index (χ1v) is 11.3. The molecule has 0 fully saturated rings. The van der Waals surface area contributed by atoms with Gasteiger partial charge in [-0.15, -0.1) is 10.2 Å². The molecule has 0 bridgehead atoms. The maximum Gasteiger partial charge on any atom is 0.434 e. The van der Waals surface area contributed by atoms with Gasteiger partial charge >= 0.3 is 6.18 Å². The van der Waals surface area contributed by atoms with Crippen LogP contribution in [0.25, 0.3) is 17.1 Å². The van der Waals surface area contributed by atoms with Gasteiger partial charge in [0.05, 0.1) is 31.7 Å². The van der Waals surface area contributed by atoms with Crippen LogP contribution in [-0.2, 0) is 18.5 Å². The van der Waals surface area contributed by atoms with Crippen LogP contribution in [0.3, 0.4) is 0 Å². The Bertz CT molecular complexity index is 1250. The summed E-state index contributed by atoms with van der Waals surface area (Å²) >= 11 is 1.36. The minimum absolute atomic E-state index is 0.114. The first-order valence-electron chi connectivity index (χ1n) is 10.3. The zero-order chi connectivity index (χ0) is 24.3. The van der Waals surface area contributed by atoms with Gasteiger partial charge in [0.25, 0.3) is 0 Å². The number of ether oxygens (including phenoxy) is 2. The van der Waals surface area contributed by atoms with E-state index in [1.807, 2.05) is 19.1 Å². The molecule has 0 saturated heterocycles. The molecule has 0 aliphatic carbocycles. The van der Waals surface area contributed by atoms with Crippen LogP contribution in [0.1, 0.15) is 18.2 Å². The highest BCUT2D eigenvalue weighted by Gasteiger charge is 2.40. The number of aromatic nitrogens is 5. The lowest BCUT2D eigenvalue weighted by Gasteiger charge is -2.13. The van der Waals surface area contributed by atoms with Crippen molar-refractivity contribution in [1.29, 1.82) is 0 Å². The molecule has 0 amide bonds. The van der Waals surface area contributed by atoms with E-state index in [9.17, 15) is 13.2 Å². The number of thioether (sulfide) groups is 1. The van der Waals surface area contributed by atoms with Gasteiger partial charge in [-0.3, -0.25) is 0 Å². The highest BCUT2D eigenvalue weighted by Crippen LogP contribution is 2.39. The predicted molar refractivity (Wildman–Crippen MR) is 122 cm³/mol. The number of benzene rings is 2. The van der Waals surface area contributed by atoms with Crippen molar-refractivity contribution in [3.63, 3.8) is 0 Å². The van der Waals surface area contributed by atoms with Gasteiger partial charge in [0.1, 0.15) is 11.5 Å². The lowest BCUT2D eigenvalue weighted by Crippen LogP contribution is -2.15. The normalized spacial score (nSPS) is 11.6. The van der Waals surface area contributed by atoms with Crippen LogP contribution in [0.2, 0.25) is 0 Å². The summed E-state index contributed by atoms with van der Waals surface area (Å²) in [6, 6.07) is 13.7. The van der Waals surface area contributed by atoms with Crippen molar-refractivity contribution in [3.8, 4) is 28.6 Å². The second kappa shape index (κ2) is 9.80. The summed E-state index contributed by atoms with van der Waals surface area (Å²) in [7, 11) is 3.14. The number of hydrogen-bond donors (Lipinski definition) is 0. The Balaban J connectivity index is 1.69. The molecule has 0 radical (unpaired) electrons. The van der Waals surface area contributed by atoms with Crippen molar-refractivity contribution in [2.24, 2.45) is 0 Å². The van der Waals surface area contributed by atoms with Gasteiger partial charge in [0.2, 0.25) is 0 Å². The molecule has 178 valence electrons. The molecule has 2 aromatic carbocycles. The quantitative estimate of drug-likeness (QED) is 0.306. The van der Waals surface area contributed by atoms with E-state index in [0.717, 1.165) is 10.2 Å². The molecule has 34 heavy (non-hydrogen) atoms. The highest BCUT2D eigenvalue weighted by molar-refractivity contribution is 7.98. The summed E-state index contributed by atoms with van der Waals surface area (Å²) in [5.74, 6) is 1.91. The third-order valence-corrected chi connectivity index (χ3v) is 6.13. The average Bonchev–Trinajstić information content (AvgIpc) is 3.46. The van der Waals surface area contributed by atoms with E-state index in [1.165, 1.54) is 18.0 Å². The van der Waals surface area contributed by atoms with Crippen LogP contribution in [0.15, 0.2) is 59.9 Å². The van der Waals surface area contributed by atoms with Crippen LogP contribution >= 0.6 is 11.8 Å². The van der Waals surface area contributed by atoms with Crippen LogP contribution < -0.4 is 9.47 Å². The molecule has 0 spiro atoms. The molecule has 11 heteroatoms. The lowest BCUT2D eigenvalue weighted by molar-refractivity contribution is -0.142. The molecule has 7 nitrogen and oxygen atoms in total. The lowest BCUT2D eigenvalue weighted by atomic mass is 10.2. The Kier molecular flexibility index (Phi) is 6.82. The summed E-state index contributed by atoms with van der Waals surface area (Å²) in [5, 5.41) is 12.8. The molecular weight excluding hydrogens is 467 g/mol. The standard InChI is InChI=1S/C23H22F3N5O2S/c1-4-30-21(19-13-27-31(20(19)23(24,25)26)16-8-6-5-7-9-16)28-29-22(30)34-14-15-10-17(32-2)12-18(11-15)33-3/h5-13H,4,14H2,1-3H3. The van der Waals surface area contributed by atoms with Gasteiger partial charge in [0, 0.05) is 18.4 Å². The Morgan fingerprint density at radius 1 is 0.971 bits per heavy atom. The summed E-state index contributed by atoms with van der Waals surface area (Å²) in [6.45, 7) is 2.22.